The Bertz CT molecular complexity index is 373. The summed E-state index contributed by atoms with van der Waals surface area (Å²) in [6.07, 6.45) is 5.67. The Labute approximate surface area is 134 Å². The molecule has 0 unspecified atom stereocenters. The van der Waals surface area contributed by atoms with E-state index in [-0.39, 0.29) is 11.8 Å². The van der Waals surface area contributed by atoms with Crippen LogP contribution >= 0.6 is 0 Å². The highest BCUT2D eigenvalue weighted by atomic mass is 16.2. The summed E-state index contributed by atoms with van der Waals surface area (Å²) in [5.41, 5.74) is 0. The molecule has 0 spiro atoms. The summed E-state index contributed by atoms with van der Waals surface area (Å²) in [6, 6.07) is 0.500. The topological polar surface area (TPSA) is 68.8 Å². The maximum atomic E-state index is 11.5. The molecule has 1 amide bonds. The first-order chi connectivity index (χ1) is 10.7. The first-order valence-corrected chi connectivity index (χ1v) is 8.70. The molecule has 0 aromatic heterocycles. The van der Waals surface area contributed by atoms with Gasteiger partial charge in [-0.3, -0.25) is 9.79 Å². The van der Waals surface area contributed by atoms with Gasteiger partial charge in [-0.2, -0.15) is 0 Å². The van der Waals surface area contributed by atoms with E-state index in [1.165, 1.54) is 38.9 Å². The molecule has 22 heavy (non-hydrogen) atoms. The van der Waals surface area contributed by atoms with Gasteiger partial charge in [-0.25, -0.2) is 0 Å². The molecule has 2 rings (SSSR count). The third kappa shape index (κ3) is 5.83. The Morgan fingerprint density at radius 2 is 1.82 bits per heavy atom. The standard InChI is InChI=1S/C16H31N5O/c1-3-10-21-11-6-14(7-12-21)20-16(17-2)19-9-8-18-15(22)13-4-5-13/h13-14H,3-12H2,1-2H3,(H,18,22)(H2,17,19,20). The molecule has 2 aliphatic rings. The van der Waals surface area contributed by atoms with Crippen molar-refractivity contribution in [1.29, 1.82) is 0 Å². The molecular weight excluding hydrogens is 278 g/mol. The zero-order valence-electron chi connectivity index (χ0n) is 14.0. The maximum Gasteiger partial charge on any atom is 0.223 e. The van der Waals surface area contributed by atoms with Crippen LogP contribution < -0.4 is 16.0 Å². The van der Waals surface area contributed by atoms with Crippen LogP contribution in [0.1, 0.15) is 39.0 Å². The van der Waals surface area contributed by atoms with Crippen molar-refractivity contribution in [2.45, 2.75) is 45.1 Å². The summed E-state index contributed by atoms with van der Waals surface area (Å²) >= 11 is 0. The van der Waals surface area contributed by atoms with Crippen LogP contribution in [0.3, 0.4) is 0 Å². The summed E-state index contributed by atoms with van der Waals surface area (Å²) in [6.45, 7) is 7.15. The van der Waals surface area contributed by atoms with Crippen LogP contribution in [0, 0.1) is 5.92 Å². The van der Waals surface area contributed by atoms with E-state index in [9.17, 15) is 4.79 Å². The lowest BCUT2D eigenvalue weighted by atomic mass is 10.1. The SMILES string of the molecule is CCCN1CCC(NC(=NC)NCCNC(=O)C2CC2)CC1. The number of rotatable bonds is 7. The van der Waals surface area contributed by atoms with Gasteiger partial charge in [-0.15, -0.1) is 0 Å². The fourth-order valence-corrected chi connectivity index (χ4v) is 2.86. The highest BCUT2D eigenvalue weighted by Crippen LogP contribution is 2.28. The zero-order chi connectivity index (χ0) is 15.8. The maximum absolute atomic E-state index is 11.5. The van der Waals surface area contributed by atoms with Crippen LogP contribution in [0.25, 0.3) is 0 Å². The number of carbonyl (C=O) groups excluding carboxylic acids is 1. The highest BCUT2D eigenvalue weighted by molar-refractivity contribution is 5.81. The van der Waals surface area contributed by atoms with Crippen molar-refractivity contribution in [3.05, 3.63) is 0 Å². The van der Waals surface area contributed by atoms with Gasteiger partial charge in [0.25, 0.3) is 0 Å². The number of guanidine groups is 1. The third-order valence-corrected chi connectivity index (χ3v) is 4.36. The molecule has 0 atom stereocenters. The number of likely N-dealkylation sites (tertiary alicyclic amines) is 1. The Hall–Kier alpha value is -1.30. The molecule has 6 nitrogen and oxygen atoms in total. The minimum Gasteiger partial charge on any atom is -0.355 e. The fraction of sp³-hybridized carbons (Fsp3) is 0.875. The monoisotopic (exact) mass is 309 g/mol. The van der Waals surface area contributed by atoms with Crippen molar-refractivity contribution < 1.29 is 4.79 Å². The summed E-state index contributed by atoms with van der Waals surface area (Å²) in [4.78, 5) is 18.3. The molecule has 0 bridgehead atoms. The molecule has 0 aromatic rings. The quantitative estimate of drug-likeness (QED) is 0.365. The van der Waals surface area contributed by atoms with Crippen LogP contribution in [0.2, 0.25) is 0 Å². The number of aliphatic imine (C=N–C) groups is 1. The molecule has 3 N–H and O–H groups in total. The number of hydrogen-bond acceptors (Lipinski definition) is 3. The number of hydrogen-bond donors (Lipinski definition) is 3. The van der Waals surface area contributed by atoms with E-state index in [4.69, 9.17) is 0 Å². The van der Waals surface area contributed by atoms with Crippen LogP contribution in [0.15, 0.2) is 4.99 Å². The molecule has 1 saturated carbocycles. The van der Waals surface area contributed by atoms with E-state index in [1.807, 2.05) is 0 Å². The predicted molar refractivity (Wildman–Crippen MR) is 90.0 cm³/mol. The van der Waals surface area contributed by atoms with Gasteiger partial charge in [-0.1, -0.05) is 6.92 Å². The Morgan fingerprint density at radius 1 is 1.14 bits per heavy atom. The van der Waals surface area contributed by atoms with Crippen molar-refractivity contribution in [2.24, 2.45) is 10.9 Å². The summed E-state index contributed by atoms with van der Waals surface area (Å²) in [7, 11) is 1.80. The molecule has 1 aliphatic heterocycles. The van der Waals surface area contributed by atoms with Gasteiger partial charge in [0.15, 0.2) is 5.96 Å². The van der Waals surface area contributed by atoms with Gasteiger partial charge >= 0.3 is 0 Å². The van der Waals surface area contributed by atoms with Gasteiger partial charge in [0, 0.05) is 45.2 Å². The molecule has 6 heteroatoms. The molecular formula is C16H31N5O. The minimum atomic E-state index is 0.202. The summed E-state index contributed by atoms with van der Waals surface area (Å²) in [5, 5.41) is 9.73. The Balaban J connectivity index is 1.57. The number of nitrogens with one attached hydrogen (secondary N) is 3. The Kier molecular flexibility index (Phi) is 6.96. The number of carbonyl (C=O) groups is 1. The van der Waals surface area contributed by atoms with E-state index < -0.39 is 0 Å². The lowest BCUT2D eigenvalue weighted by Gasteiger charge is -2.32. The van der Waals surface area contributed by atoms with Gasteiger partial charge in [-0.05, 0) is 38.6 Å². The lowest BCUT2D eigenvalue weighted by molar-refractivity contribution is -0.122. The van der Waals surface area contributed by atoms with Gasteiger partial charge in [0.05, 0.1) is 0 Å². The van der Waals surface area contributed by atoms with E-state index in [2.05, 4.69) is 32.8 Å². The molecule has 2 fully saturated rings. The molecule has 1 saturated heterocycles. The molecule has 126 valence electrons. The number of nitrogens with zero attached hydrogens (tertiary/aromatic N) is 2. The second-order valence-corrected chi connectivity index (χ2v) is 6.32. The largest absolute Gasteiger partial charge is 0.355 e. The van der Waals surface area contributed by atoms with Gasteiger partial charge < -0.3 is 20.9 Å². The van der Waals surface area contributed by atoms with Crippen molar-refractivity contribution in [1.82, 2.24) is 20.9 Å². The average molecular weight is 309 g/mol. The van der Waals surface area contributed by atoms with Crippen molar-refractivity contribution in [3.8, 4) is 0 Å². The normalized spacial score (nSPS) is 20.7. The second kappa shape index (κ2) is 8.98. The molecule has 0 aromatic carbocycles. The molecule has 0 radical (unpaired) electrons. The van der Waals surface area contributed by atoms with E-state index in [0.717, 1.165) is 18.8 Å². The summed E-state index contributed by atoms with van der Waals surface area (Å²) in [5.74, 6) is 1.33. The molecule has 1 aliphatic carbocycles. The Morgan fingerprint density at radius 3 is 2.41 bits per heavy atom. The molecule has 1 heterocycles. The van der Waals surface area contributed by atoms with Crippen molar-refractivity contribution in [3.63, 3.8) is 0 Å². The van der Waals surface area contributed by atoms with E-state index in [1.54, 1.807) is 7.05 Å². The van der Waals surface area contributed by atoms with Crippen LogP contribution in [-0.4, -0.2) is 62.6 Å². The highest BCUT2D eigenvalue weighted by Gasteiger charge is 2.29. The van der Waals surface area contributed by atoms with E-state index >= 15 is 0 Å². The van der Waals surface area contributed by atoms with Crippen LogP contribution in [0.5, 0.6) is 0 Å². The van der Waals surface area contributed by atoms with E-state index in [0.29, 0.717) is 19.1 Å². The predicted octanol–water partition coefficient (Wildman–Crippen LogP) is 0.552. The third-order valence-electron chi connectivity index (χ3n) is 4.36. The first-order valence-electron chi connectivity index (χ1n) is 8.70. The number of amides is 1. The zero-order valence-corrected chi connectivity index (χ0v) is 14.0. The van der Waals surface area contributed by atoms with Crippen molar-refractivity contribution >= 4 is 11.9 Å². The smallest absolute Gasteiger partial charge is 0.223 e. The van der Waals surface area contributed by atoms with Crippen LogP contribution in [-0.2, 0) is 4.79 Å². The first kappa shape index (κ1) is 17.1. The lowest BCUT2D eigenvalue weighted by Crippen LogP contribution is -2.49. The second-order valence-electron chi connectivity index (χ2n) is 6.32. The van der Waals surface area contributed by atoms with Gasteiger partial charge in [0.2, 0.25) is 5.91 Å². The average Bonchev–Trinajstić information content (AvgIpc) is 3.37. The number of piperidine rings is 1. The van der Waals surface area contributed by atoms with Crippen LogP contribution in [0.4, 0.5) is 0 Å². The summed E-state index contributed by atoms with van der Waals surface area (Å²) < 4.78 is 0. The van der Waals surface area contributed by atoms with Gasteiger partial charge in [0.1, 0.15) is 0 Å². The van der Waals surface area contributed by atoms with Crippen molar-refractivity contribution in [2.75, 3.05) is 39.8 Å². The minimum absolute atomic E-state index is 0.202. The fourth-order valence-electron chi connectivity index (χ4n) is 2.86.